The Morgan fingerprint density at radius 2 is 1.00 bits per heavy atom. The van der Waals surface area contributed by atoms with Crippen LogP contribution < -0.4 is 0 Å². The molecule has 0 heterocycles. The molecule has 0 aliphatic carbocycles. The van der Waals surface area contributed by atoms with Crippen molar-refractivity contribution in [2.24, 2.45) is 0 Å². The zero-order chi connectivity index (χ0) is 11.9. The third kappa shape index (κ3) is 3.33. The van der Waals surface area contributed by atoms with Gasteiger partial charge in [-0.1, -0.05) is 0 Å². The van der Waals surface area contributed by atoms with Gasteiger partial charge < -0.3 is 0 Å². The normalized spacial score (nSPS) is 12.8. The van der Waals surface area contributed by atoms with E-state index in [1.165, 1.54) is 0 Å². The van der Waals surface area contributed by atoms with Crippen molar-refractivity contribution in [3.8, 4) is 0 Å². The van der Waals surface area contributed by atoms with Crippen LogP contribution in [0, 0.1) is 0 Å². The van der Waals surface area contributed by atoms with E-state index in [0.717, 1.165) is 26.2 Å². The van der Waals surface area contributed by atoms with E-state index in [0.29, 0.717) is 0 Å². The molecule has 0 bridgehead atoms. The molecule has 15 heavy (non-hydrogen) atoms. The van der Waals surface area contributed by atoms with Gasteiger partial charge in [-0.3, -0.25) is 0 Å². The summed E-state index contributed by atoms with van der Waals surface area (Å²) in [5.41, 5.74) is 0. The average Bonchev–Trinajstić information content (AvgIpc) is 2.29. The monoisotopic (exact) mass is 386 g/mol. The van der Waals surface area contributed by atoms with E-state index in [2.05, 4.69) is 33.5 Å². The summed E-state index contributed by atoms with van der Waals surface area (Å²) in [7, 11) is 3.59. The van der Waals surface area contributed by atoms with Gasteiger partial charge in [0, 0.05) is 0 Å². The van der Waals surface area contributed by atoms with Crippen molar-refractivity contribution in [2.75, 3.05) is 40.4 Å². The van der Waals surface area contributed by atoms with Gasteiger partial charge in [0.15, 0.2) is 0 Å². The van der Waals surface area contributed by atoms with Gasteiger partial charge in [-0.25, -0.2) is 0 Å². The molecule has 5 heteroatoms. The molecule has 0 aromatic heterocycles. The zero-order valence-electron chi connectivity index (χ0n) is 11.0. The average molecular weight is 385 g/mol. The molecule has 0 aliphatic heterocycles. The summed E-state index contributed by atoms with van der Waals surface area (Å²) >= 11 is -3.31. The van der Waals surface area contributed by atoms with E-state index >= 15 is 0 Å². The predicted molar refractivity (Wildman–Crippen MR) is 59.9 cm³/mol. The SMILES string of the molecule is CC[N](CC)[Hf]([O]C)([O]C)[N](CC)CC. The molecule has 0 N–H and O–H groups in total. The summed E-state index contributed by atoms with van der Waals surface area (Å²) in [5, 5.41) is 0. The van der Waals surface area contributed by atoms with E-state index in [9.17, 15) is 0 Å². The minimum absolute atomic E-state index is 0.996. The molecule has 4 nitrogen and oxygen atoms in total. The van der Waals surface area contributed by atoms with Crippen molar-refractivity contribution in [3.63, 3.8) is 0 Å². The molecule has 0 amide bonds. The second-order valence-corrected chi connectivity index (χ2v) is 14.7. The van der Waals surface area contributed by atoms with Crippen molar-refractivity contribution in [3.05, 3.63) is 0 Å². The number of hydrogen-bond acceptors (Lipinski definition) is 4. The van der Waals surface area contributed by atoms with Crippen molar-refractivity contribution < 1.29 is 27.1 Å². The molecular weight excluding hydrogens is 359 g/mol. The maximum absolute atomic E-state index is 5.83. The maximum atomic E-state index is 5.83. The molecule has 0 rings (SSSR count). The minimum atomic E-state index is -3.31. The van der Waals surface area contributed by atoms with Crippen LogP contribution in [0.25, 0.3) is 0 Å². The second-order valence-electron chi connectivity index (χ2n) is 3.30. The van der Waals surface area contributed by atoms with Gasteiger partial charge in [0.25, 0.3) is 0 Å². The fourth-order valence-corrected chi connectivity index (χ4v) is 13.5. The molecule has 0 spiro atoms. The Bertz CT molecular complexity index is 144. The van der Waals surface area contributed by atoms with Crippen LogP contribution in [0.3, 0.4) is 0 Å². The van der Waals surface area contributed by atoms with E-state index in [1.807, 2.05) is 0 Å². The van der Waals surface area contributed by atoms with Crippen LogP contribution in [-0.2, 0) is 27.1 Å². The summed E-state index contributed by atoms with van der Waals surface area (Å²) < 4.78 is 16.4. The first-order valence-corrected chi connectivity index (χ1v) is 11.9. The Labute approximate surface area is 101 Å². The predicted octanol–water partition coefficient (Wildman–Crippen LogP) is 1.78. The van der Waals surface area contributed by atoms with Gasteiger partial charge in [0.05, 0.1) is 0 Å². The van der Waals surface area contributed by atoms with Crippen LogP contribution in [0.2, 0.25) is 0 Å². The topological polar surface area (TPSA) is 24.9 Å². The molecule has 0 saturated carbocycles. The fraction of sp³-hybridized carbons (Fsp3) is 1.00. The van der Waals surface area contributed by atoms with Crippen LogP contribution in [0.5, 0.6) is 0 Å². The number of rotatable bonds is 8. The van der Waals surface area contributed by atoms with E-state index in [1.54, 1.807) is 14.2 Å². The Kier molecular flexibility index (Phi) is 8.27. The summed E-state index contributed by atoms with van der Waals surface area (Å²) in [6, 6.07) is 0. The Morgan fingerprint density at radius 1 is 0.733 bits per heavy atom. The van der Waals surface area contributed by atoms with E-state index in [4.69, 9.17) is 5.71 Å². The van der Waals surface area contributed by atoms with Crippen LogP contribution in [0.1, 0.15) is 27.7 Å². The number of hydrogen-bond donors (Lipinski definition) is 0. The standard InChI is InChI=1S/2C4H10N.2CH3O.Hf/c2*1-3-5-4-2;2*1-2;/h2*3-4H2,1-2H3;2*1H3;/q4*-1;+4. The molecule has 0 radical (unpaired) electrons. The first-order chi connectivity index (χ1) is 7.16. The van der Waals surface area contributed by atoms with Crippen LogP contribution in [0.4, 0.5) is 0 Å². The first kappa shape index (κ1) is 15.7. The van der Waals surface area contributed by atoms with Crippen molar-refractivity contribution >= 4 is 0 Å². The molecule has 92 valence electrons. The summed E-state index contributed by atoms with van der Waals surface area (Å²) in [4.78, 5) is 0. The molecule has 0 atom stereocenters. The van der Waals surface area contributed by atoms with E-state index < -0.39 is 21.4 Å². The van der Waals surface area contributed by atoms with Crippen molar-refractivity contribution in [2.45, 2.75) is 27.7 Å². The fourth-order valence-electron chi connectivity index (χ4n) is 2.05. The third-order valence-electron chi connectivity index (χ3n) is 2.86. The van der Waals surface area contributed by atoms with Crippen LogP contribution in [0.15, 0.2) is 0 Å². The summed E-state index contributed by atoms with van der Waals surface area (Å²) in [6.45, 7) is 12.7. The Morgan fingerprint density at radius 3 is 1.13 bits per heavy atom. The molecule has 0 unspecified atom stereocenters. The summed E-state index contributed by atoms with van der Waals surface area (Å²) in [5.74, 6) is 0. The Hall–Kier alpha value is 0.710. The van der Waals surface area contributed by atoms with Crippen molar-refractivity contribution in [1.29, 1.82) is 0 Å². The molecule has 0 aromatic carbocycles. The number of nitrogens with zero attached hydrogens (tertiary/aromatic N) is 2. The van der Waals surface area contributed by atoms with Gasteiger partial charge >= 0.3 is 101 Å². The van der Waals surface area contributed by atoms with Gasteiger partial charge in [0.2, 0.25) is 0 Å². The molecule has 0 aromatic rings. The van der Waals surface area contributed by atoms with Gasteiger partial charge in [-0.2, -0.15) is 0 Å². The molecule has 0 aliphatic rings. The third-order valence-corrected chi connectivity index (χ3v) is 17.0. The Balaban J connectivity index is 4.98. The van der Waals surface area contributed by atoms with Gasteiger partial charge in [0.1, 0.15) is 0 Å². The van der Waals surface area contributed by atoms with E-state index in [-0.39, 0.29) is 0 Å². The molecular formula is C10H26HfN2O2. The molecule has 0 fully saturated rings. The first-order valence-electron chi connectivity index (χ1n) is 5.77. The van der Waals surface area contributed by atoms with Crippen LogP contribution >= 0.6 is 0 Å². The van der Waals surface area contributed by atoms with Gasteiger partial charge in [-0.15, -0.1) is 0 Å². The second kappa shape index (κ2) is 7.90. The van der Waals surface area contributed by atoms with Crippen LogP contribution in [-0.4, -0.2) is 46.2 Å². The molecule has 0 saturated heterocycles. The van der Waals surface area contributed by atoms with Crippen molar-refractivity contribution in [1.82, 2.24) is 5.78 Å². The zero-order valence-corrected chi connectivity index (χ0v) is 14.6. The quantitative estimate of drug-likeness (QED) is 0.596. The van der Waals surface area contributed by atoms with Gasteiger partial charge in [-0.05, 0) is 0 Å². The summed E-state index contributed by atoms with van der Waals surface area (Å²) in [6.07, 6.45) is 0.